The van der Waals surface area contributed by atoms with E-state index in [1.807, 2.05) is 24.3 Å². The van der Waals surface area contributed by atoms with E-state index in [4.69, 9.17) is 10.5 Å². The average Bonchev–Trinajstić information content (AvgIpc) is 2.42. The number of benzene rings is 2. The van der Waals surface area contributed by atoms with E-state index >= 15 is 0 Å². The van der Waals surface area contributed by atoms with Crippen LogP contribution in [0.2, 0.25) is 0 Å². The Morgan fingerprint density at radius 3 is 2.30 bits per heavy atom. The van der Waals surface area contributed by atoms with Gasteiger partial charge in [0.1, 0.15) is 6.10 Å². The van der Waals surface area contributed by atoms with Gasteiger partial charge in [-0.05, 0) is 29.8 Å². The normalized spacial score (nSPS) is 12.2. The number of nitrogens with two attached hydrogens (primary N) is 1. The Bertz CT molecular complexity index is 605. The second kappa shape index (κ2) is 6.65. The lowest BCUT2D eigenvalue weighted by Gasteiger charge is -2.18. The van der Waals surface area contributed by atoms with Gasteiger partial charge in [-0.2, -0.15) is 4.39 Å². The molecule has 6 heteroatoms. The molecule has 0 aromatic heterocycles. The summed E-state index contributed by atoms with van der Waals surface area (Å²) in [6, 6.07) is 9.71. The van der Waals surface area contributed by atoms with Crippen LogP contribution in [0.4, 0.5) is 8.78 Å². The fourth-order valence-corrected chi connectivity index (χ4v) is 2.37. The van der Waals surface area contributed by atoms with Crippen LogP contribution < -0.4 is 10.5 Å². The van der Waals surface area contributed by atoms with Gasteiger partial charge >= 0.3 is 0 Å². The van der Waals surface area contributed by atoms with Crippen LogP contribution in [0.5, 0.6) is 5.75 Å². The summed E-state index contributed by atoms with van der Waals surface area (Å²) in [5.41, 5.74) is 6.44. The summed E-state index contributed by atoms with van der Waals surface area (Å²) in [5.74, 6) is -2.17. The molecular formula is C14H11Br2F2NO. The molecule has 0 saturated carbocycles. The maximum atomic E-state index is 13.7. The van der Waals surface area contributed by atoms with E-state index in [2.05, 4.69) is 31.9 Å². The molecule has 106 valence electrons. The highest BCUT2D eigenvalue weighted by Crippen LogP contribution is 2.29. The Labute approximate surface area is 132 Å². The van der Waals surface area contributed by atoms with Crippen LogP contribution in [0.15, 0.2) is 45.3 Å². The van der Waals surface area contributed by atoms with Crippen LogP contribution in [0, 0.1) is 11.6 Å². The molecule has 1 atom stereocenters. The van der Waals surface area contributed by atoms with Crippen LogP contribution in [-0.2, 0) is 0 Å². The van der Waals surface area contributed by atoms with Crippen molar-refractivity contribution in [2.45, 2.75) is 6.10 Å². The summed E-state index contributed by atoms with van der Waals surface area (Å²) in [5, 5.41) is 0. The van der Waals surface area contributed by atoms with Crippen molar-refractivity contribution in [2.24, 2.45) is 5.73 Å². The Kier molecular flexibility index (Phi) is 5.12. The second-order valence-electron chi connectivity index (χ2n) is 4.09. The van der Waals surface area contributed by atoms with E-state index < -0.39 is 17.7 Å². The van der Waals surface area contributed by atoms with Crippen LogP contribution in [0.25, 0.3) is 0 Å². The van der Waals surface area contributed by atoms with Gasteiger partial charge in [0, 0.05) is 15.5 Å². The third-order valence-corrected chi connectivity index (χ3v) is 3.67. The molecule has 0 radical (unpaired) electrons. The first-order chi connectivity index (χ1) is 9.51. The highest BCUT2D eigenvalue weighted by Gasteiger charge is 2.17. The number of hydrogen-bond acceptors (Lipinski definition) is 2. The smallest absolute Gasteiger partial charge is 0.200 e. The van der Waals surface area contributed by atoms with Gasteiger partial charge in [-0.3, -0.25) is 0 Å². The molecule has 2 nitrogen and oxygen atoms in total. The zero-order chi connectivity index (χ0) is 14.7. The fourth-order valence-electron chi connectivity index (χ4n) is 1.70. The molecule has 2 rings (SSSR count). The fraction of sp³-hybridized carbons (Fsp3) is 0.143. The van der Waals surface area contributed by atoms with Gasteiger partial charge in [0.15, 0.2) is 11.6 Å². The molecule has 0 fully saturated rings. The zero-order valence-corrected chi connectivity index (χ0v) is 13.4. The van der Waals surface area contributed by atoms with E-state index in [1.165, 1.54) is 6.07 Å². The van der Waals surface area contributed by atoms with Gasteiger partial charge in [0.05, 0.1) is 0 Å². The van der Waals surface area contributed by atoms with E-state index in [0.29, 0.717) is 4.47 Å². The van der Waals surface area contributed by atoms with Gasteiger partial charge in [-0.25, -0.2) is 4.39 Å². The van der Waals surface area contributed by atoms with Crippen molar-refractivity contribution >= 4 is 31.9 Å². The van der Waals surface area contributed by atoms with Gasteiger partial charge in [-0.1, -0.05) is 44.0 Å². The van der Waals surface area contributed by atoms with Gasteiger partial charge in [0.2, 0.25) is 5.82 Å². The maximum absolute atomic E-state index is 13.7. The standard InChI is InChI=1S/C14H11Br2F2NO/c15-9-3-1-8(2-4-9)13(7-19)20-12-6-10(16)5-11(17)14(12)18/h1-6,13H,7,19H2. The van der Waals surface area contributed by atoms with Gasteiger partial charge in [0.25, 0.3) is 0 Å². The molecular weight excluding hydrogens is 396 g/mol. The van der Waals surface area contributed by atoms with Gasteiger partial charge < -0.3 is 10.5 Å². The number of hydrogen-bond donors (Lipinski definition) is 1. The number of halogens is 4. The van der Waals surface area contributed by atoms with Crippen molar-refractivity contribution in [3.63, 3.8) is 0 Å². The van der Waals surface area contributed by atoms with E-state index in [-0.39, 0.29) is 12.3 Å². The molecule has 0 bridgehead atoms. The van der Waals surface area contributed by atoms with Crippen molar-refractivity contribution in [1.29, 1.82) is 0 Å². The molecule has 20 heavy (non-hydrogen) atoms. The lowest BCUT2D eigenvalue weighted by atomic mass is 10.1. The van der Waals surface area contributed by atoms with Crippen molar-refractivity contribution in [3.8, 4) is 5.75 Å². The van der Waals surface area contributed by atoms with Crippen molar-refractivity contribution in [1.82, 2.24) is 0 Å². The molecule has 1 unspecified atom stereocenters. The lowest BCUT2D eigenvalue weighted by Crippen LogP contribution is -2.19. The molecule has 0 aliphatic rings. The molecule has 0 saturated heterocycles. The molecule has 0 amide bonds. The maximum Gasteiger partial charge on any atom is 0.200 e. The van der Waals surface area contributed by atoms with Crippen LogP contribution in [-0.4, -0.2) is 6.54 Å². The largest absolute Gasteiger partial charge is 0.481 e. The van der Waals surface area contributed by atoms with Crippen LogP contribution in [0.1, 0.15) is 11.7 Å². The predicted molar refractivity (Wildman–Crippen MR) is 80.6 cm³/mol. The van der Waals surface area contributed by atoms with Crippen molar-refractivity contribution in [3.05, 3.63) is 62.5 Å². The Balaban J connectivity index is 2.29. The lowest BCUT2D eigenvalue weighted by molar-refractivity contribution is 0.202. The minimum atomic E-state index is -1.02. The summed E-state index contributed by atoms with van der Waals surface area (Å²) in [6.45, 7) is 0.148. The summed E-state index contributed by atoms with van der Waals surface area (Å²) >= 11 is 6.43. The third-order valence-electron chi connectivity index (χ3n) is 2.68. The molecule has 2 N–H and O–H groups in total. The number of rotatable bonds is 4. The average molecular weight is 407 g/mol. The Hall–Kier alpha value is -0.980. The highest BCUT2D eigenvalue weighted by atomic mass is 79.9. The minimum Gasteiger partial charge on any atom is -0.481 e. The molecule has 0 aliphatic carbocycles. The summed E-state index contributed by atoms with van der Waals surface area (Å²) in [4.78, 5) is 0. The third kappa shape index (κ3) is 3.56. The van der Waals surface area contributed by atoms with Crippen LogP contribution >= 0.6 is 31.9 Å². The SMILES string of the molecule is NCC(Oc1cc(Br)cc(F)c1F)c1ccc(Br)cc1. The van der Waals surface area contributed by atoms with E-state index in [9.17, 15) is 8.78 Å². The number of ether oxygens (including phenoxy) is 1. The first-order valence-corrected chi connectivity index (χ1v) is 7.36. The highest BCUT2D eigenvalue weighted by molar-refractivity contribution is 9.10. The summed E-state index contributed by atoms with van der Waals surface area (Å²) in [6.07, 6.45) is -0.550. The topological polar surface area (TPSA) is 35.2 Å². The minimum absolute atomic E-state index is 0.148. The zero-order valence-electron chi connectivity index (χ0n) is 10.2. The first-order valence-electron chi connectivity index (χ1n) is 5.78. The van der Waals surface area contributed by atoms with E-state index in [1.54, 1.807) is 0 Å². The van der Waals surface area contributed by atoms with Crippen LogP contribution in [0.3, 0.4) is 0 Å². The molecule has 0 aliphatic heterocycles. The molecule has 2 aromatic carbocycles. The molecule has 0 spiro atoms. The summed E-state index contributed by atoms with van der Waals surface area (Å²) in [7, 11) is 0. The van der Waals surface area contributed by atoms with Gasteiger partial charge in [-0.15, -0.1) is 0 Å². The van der Waals surface area contributed by atoms with E-state index in [0.717, 1.165) is 16.1 Å². The quantitative estimate of drug-likeness (QED) is 0.755. The van der Waals surface area contributed by atoms with Crippen molar-refractivity contribution < 1.29 is 13.5 Å². The monoisotopic (exact) mass is 405 g/mol. The predicted octanol–water partition coefficient (Wildman–Crippen LogP) is 4.57. The first kappa shape index (κ1) is 15.4. The summed E-state index contributed by atoms with van der Waals surface area (Å²) < 4.78 is 33.8. The second-order valence-corrected chi connectivity index (χ2v) is 5.92. The van der Waals surface area contributed by atoms with Crippen molar-refractivity contribution in [2.75, 3.05) is 6.54 Å². The molecule has 0 heterocycles. The Morgan fingerprint density at radius 2 is 1.70 bits per heavy atom. The molecule has 2 aromatic rings. The Morgan fingerprint density at radius 1 is 1.05 bits per heavy atom.